The van der Waals surface area contributed by atoms with Gasteiger partial charge in [0.1, 0.15) is 0 Å². The predicted molar refractivity (Wildman–Crippen MR) is 93.7 cm³/mol. The van der Waals surface area contributed by atoms with E-state index in [-0.39, 0.29) is 12.0 Å². The van der Waals surface area contributed by atoms with Gasteiger partial charge in [-0.1, -0.05) is 42.5 Å². The van der Waals surface area contributed by atoms with Gasteiger partial charge in [0, 0.05) is 30.1 Å². The fraction of sp³-hybridized carbons (Fsp3) is 0.250. The fourth-order valence-electron chi connectivity index (χ4n) is 3.28. The number of aromatic amines is 1. The van der Waals surface area contributed by atoms with Gasteiger partial charge < -0.3 is 15.0 Å². The number of carbonyl (C=O) groups is 1. The van der Waals surface area contributed by atoms with Gasteiger partial charge in [-0.15, -0.1) is 0 Å². The van der Waals surface area contributed by atoms with Crippen LogP contribution in [0.1, 0.15) is 16.7 Å². The molecule has 1 atom stereocenters. The van der Waals surface area contributed by atoms with E-state index >= 15 is 0 Å². The third-order valence-electron chi connectivity index (χ3n) is 4.59. The van der Waals surface area contributed by atoms with Crippen LogP contribution in [-0.4, -0.2) is 23.5 Å². The summed E-state index contributed by atoms with van der Waals surface area (Å²) >= 11 is 0. The summed E-state index contributed by atoms with van der Waals surface area (Å²) in [6.45, 7) is 1.18. The minimum absolute atomic E-state index is 0.0298. The molecule has 122 valence electrons. The fourth-order valence-corrected chi connectivity index (χ4v) is 3.28. The molecule has 4 rings (SSSR count). The molecule has 0 radical (unpaired) electrons. The van der Waals surface area contributed by atoms with E-state index in [9.17, 15) is 4.79 Å². The van der Waals surface area contributed by atoms with Crippen molar-refractivity contribution in [2.75, 3.05) is 6.54 Å². The summed E-state index contributed by atoms with van der Waals surface area (Å²) < 4.78 is 5.84. The lowest BCUT2D eigenvalue weighted by molar-refractivity contribution is -0.121. The lowest BCUT2D eigenvalue weighted by atomic mass is 9.99. The molecule has 0 bridgehead atoms. The maximum atomic E-state index is 12.3. The van der Waals surface area contributed by atoms with Crippen molar-refractivity contribution in [3.63, 3.8) is 0 Å². The Balaban J connectivity index is 1.34. The number of hydrogen-bond donors (Lipinski definition) is 2. The number of benzene rings is 2. The van der Waals surface area contributed by atoms with Crippen molar-refractivity contribution >= 4 is 16.8 Å². The van der Waals surface area contributed by atoms with Crippen LogP contribution in [0.5, 0.6) is 0 Å². The Morgan fingerprint density at radius 1 is 1.12 bits per heavy atom. The minimum Gasteiger partial charge on any atom is -0.371 e. The summed E-state index contributed by atoms with van der Waals surface area (Å²) in [7, 11) is 0. The van der Waals surface area contributed by atoms with Gasteiger partial charge in [0.25, 0.3) is 0 Å². The first-order valence-corrected chi connectivity index (χ1v) is 8.29. The third kappa shape index (κ3) is 3.05. The molecule has 0 saturated carbocycles. The van der Waals surface area contributed by atoms with E-state index in [4.69, 9.17) is 4.74 Å². The van der Waals surface area contributed by atoms with Crippen LogP contribution in [0.3, 0.4) is 0 Å². The molecule has 1 aromatic heterocycles. The van der Waals surface area contributed by atoms with E-state index in [1.165, 1.54) is 11.1 Å². The maximum Gasteiger partial charge on any atom is 0.224 e. The maximum absolute atomic E-state index is 12.3. The molecule has 2 heterocycles. The predicted octanol–water partition coefficient (Wildman–Crippen LogP) is 2.97. The molecule has 0 saturated heterocycles. The second-order valence-electron chi connectivity index (χ2n) is 6.25. The first-order valence-electron chi connectivity index (χ1n) is 8.29. The van der Waals surface area contributed by atoms with Crippen molar-refractivity contribution < 1.29 is 9.53 Å². The summed E-state index contributed by atoms with van der Waals surface area (Å²) in [5.41, 5.74) is 4.66. The highest BCUT2D eigenvalue weighted by Crippen LogP contribution is 2.20. The number of para-hydroxylation sites is 1. The van der Waals surface area contributed by atoms with Gasteiger partial charge in [-0.3, -0.25) is 4.79 Å². The highest BCUT2D eigenvalue weighted by atomic mass is 16.5. The van der Waals surface area contributed by atoms with Crippen molar-refractivity contribution in [3.8, 4) is 0 Å². The number of fused-ring (bicyclic) bond motifs is 2. The normalized spacial score (nSPS) is 16.8. The van der Waals surface area contributed by atoms with Gasteiger partial charge in [0.2, 0.25) is 5.91 Å². The third-order valence-corrected chi connectivity index (χ3v) is 4.59. The van der Waals surface area contributed by atoms with Gasteiger partial charge in [-0.05, 0) is 22.8 Å². The van der Waals surface area contributed by atoms with Crippen molar-refractivity contribution in [1.82, 2.24) is 10.3 Å². The van der Waals surface area contributed by atoms with Crippen LogP contribution >= 0.6 is 0 Å². The van der Waals surface area contributed by atoms with E-state index in [1.807, 2.05) is 36.5 Å². The van der Waals surface area contributed by atoms with E-state index < -0.39 is 0 Å². The Morgan fingerprint density at radius 2 is 1.92 bits per heavy atom. The van der Waals surface area contributed by atoms with Crippen molar-refractivity contribution in [3.05, 3.63) is 71.4 Å². The van der Waals surface area contributed by atoms with Crippen LogP contribution in [0.2, 0.25) is 0 Å². The minimum atomic E-state index is 0.0298. The van der Waals surface area contributed by atoms with Crippen molar-refractivity contribution in [1.29, 1.82) is 0 Å². The summed E-state index contributed by atoms with van der Waals surface area (Å²) in [5.74, 6) is 0.0298. The molecule has 1 amide bonds. The number of hydrogen-bond acceptors (Lipinski definition) is 2. The highest BCUT2D eigenvalue weighted by molar-refractivity contribution is 5.88. The summed E-state index contributed by atoms with van der Waals surface area (Å²) in [6.07, 6.45) is 3.20. The van der Waals surface area contributed by atoms with Crippen LogP contribution in [-0.2, 0) is 29.0 Å². The van der Waals surface area contributed by atoms with E-state index in [2.05, 4.69) is 28.5 Å². The second-order valence-corrected chi connectivity index (χ2v) is 6.25. The number of nitrogens with one attached hydrogen (secondary N) is 2. The molecule has 2 aromatic carbocycles. The molecular formula is C20H20N2O2. The van der Waals surface area contributed by atoms with Crippen molar-refractivity contribution in [2.24, 2.45) is 0 Å². The zero-order valence-electron chi connectivity index (χ0n) is 13.4. The van der Waals surface area contributed by atoms with Gasteiger partial charge in [0.15, 0.2) is 0 Å². The number of aromatic nitrogens is 1. The number of amides is 1. The molecule has 1 unspecified atom stereocenters. The second kappa shape index (κ2) is 6.49. The van der Waals surface area contributed by atoms with Crippen LogP contribution in [0.25, 0.3) is 10.9 Å². The van der Waals surface area contributed by atoms with Crippen LogP contribution in [0.15, 0.2) is 54.7 Å². The number of H-pyrrole nitrogens is 1. The Kier molecular flexibility index (Phi) is 4.05. The first kappa shape index (κ1) is 15.0. The molecular weight excluding hydrogens is 300 g/mol. The van der Waals surface area contributed by atoms with Gasteiger partial charge in [-0.2, -0.15) is 0 Å². The smallest absolute Gasteiger partial charge is 0.224 e. The lowest BCUT2D eigenvalue weighted by Gasteiger charge is -2.25. The Bertz CT molecular complexity index is 869. The largest absolute Gasteiger partial charge is 0.371 e. The molecule has 3 aromatic rings. The standard InChI is InChI=1S/C20H20N2O2/c23-20(10-16-11-21-19-8-4-3-7-18(16)19)22-12-17-9-14-5-1-2-6-15(14)13-24-17/h1-8,11,17,21H,9-10,12-13H2,(H,22,23). The average Bonchev–Trinajstić information content (AvgIpc) is 3.03. The quantitative estimate of drug-likeness (QED) is 0.776. The Hall–Kier alpha value is -2.59. The summed E-state index contributed by atoms with van der Waals surface area (Å²) in [4.78, 5) is 15.5. The van der Waals surface area contributed by atoms with Gasteiger partial charge in [0.05, 0.1) is 19.1 Å². The van der Waals surface area contributed by atoms with Crippen molar-refractivity contribution in [2.45, 2.75) is 25.6 Å². The molecule has 4 heteroatoms. The SMILES string of the molecule is O=C(Cc1c[nH]c2ccccc12)NCC1Cc2ccccc2CO1. The molecule has 2 N–H and O–H groups in total. The van der Waals surface area contributed by atoms with E-state index in [0.717, 1.165) is 22.9 Å². The number of rotatable bonds is 4. The highest BCUT2D eigenvalue weighted by Gasteiger charge is 2.19. The van der Waals surface area contributed by atoms with Gasteiger partial charge >= 0.3 is 0 Å². The van der Waals surface area contributed by atoms with Crippen LogP contribution in [0, 0.1) is 0 Å². The van der Waals surface area contributed by atoms with Gasteiger partial charge in [-0.25, -0.2) is 0 Å². The number of carbonyl (C=O) groups excluding carboxylic acids is 1. The molecule has 4 nitrogen and oxygen atoms in total. The average molecular weight is 320 g/mol. The van der Waals surface area contributed by atoms with E-state index in [1.54, 1.807) is 0 Å². The zero-order valence-corrected chi connectivity index (χ0v) is 13.4. The molecule has 0 aliphatic carbocycles. The lowest BCUT2D eigenvalue weighted by Crippen LogP contribution is -2.37. The Morgan fingerprint density at radius 3 is 2.83 bits per heavy atom. The monoisotopic (exact) mass is 320 g/mol. The summed E-state index contributed by atoms with van der Waals surface area (Å²) in [6, 6.07) is 16.4. The molecule has 0 spiro atoms. The topological polar surface area (TPSA) is 54.1 Å². The first-order chi connectivity index (χ1) is 11.8. The zero-order chi connectivity index (χ0) is 16.4. The molecule has 24 heavy (non-hydrogen) atoms. The summed E-state index contributed by atoms with van der Waals surface area (Å²) in [5, 5.41) is 4.12. The van der Waals surface area contributed by atoms with E-state index in [0.29, 0.717) is 19.6 Å². The molecule has 1 aliphatic rings. The molecule has 0 fully saturated rings. The van der Waals surface area contributed by atoms with Crippen LogP contribution in [0.4, 0.5) is 0 Å². The number of ether oxygens (including phenoxy) is 1. The molecule has 1 aliphatic heterocycles. The van der Waals surface area contributed by atoms with Crippen LogP contribution < -0.4 is 5.32 Å². The Labute approximate surface area is 140 Å².